The number of halogens is 1. The van der Waals surface area contributed by atoms with Crippen molar-refractivity contribution in [3.8, 4) is 0 Å². The van der Waals surface area contributed by atoms with Crippen LogP contribution in [0.5, 0.6) is 0 Å². The Hall–Kier alpha value is -0.910. The van der Waals surface area contributed by atoms with Crippen molar-refractivity contribution in [1.82, 2.24) is 5.32 Å². The van der Waals surface area contributed by atoms with Gasteiger partial charge in [-0.2, -0.15) is 0 Å². The van der Waals surface area contributed by atoms with Gasteiger partial charge in [-0.3, -0.25) is 0 Å². The summed E-state index contributed by atoms with van der Waals surface area (Å²) in [4.78, 5) is 12.1. The van der Waals surface area contributed by atoms with Crippen molar-refractivity contribution >= 4 is 21.9 Å². The average Bonchev–Trinajstić information content (AvgIpc) is 2.46. The minimum atomic E-state index is -0.490. The van der Waals surface area contributed by atoms with E-state index >= 15 is 0 Å². The average molecular weight is 398 g/mol. The molecule has 0 bridgehead atoms. The standard InChI is InChI=1S/C19H28BrNO3/c1-18(2,3)24-17(22)14-23-19(10-4-12-21-13-5-11-19)15-6-8-16(20)9-7-15/h6-9,21H,4-5,10-14H2,1-3H3. The monoisotopic (exact) mass is 397 g/mol. The van der Waals surface area contributed by atoms with Crippen LogP contribution in [-0.2, 0) is 19.9 Å². The number of rotatable bonds is 4. The second-order valence-corrected chi connectivity index (χ2v) is 8.25. The van der Waals surface area contributed by atoms with Crippen LogP contribution in [0, 0.1) is 0 Å². The molecule has 0 spiro atoms. The van der Waals surface area contributed by atoms with E-state index in [1.165, 1.54) is 0 Å². The third-order valence-electron chi connectivity index (χ3n) is 4.12. The SMILES string of the molecule is CC(C)(C)OC(=O)COC1(c2ccc(Br)cc2)CCCNCCC1. The Balaban J connectivity index is 2.15. The van der Waals surface area contributed by atoms with Gasteiger partial charge >= 0.3 is 5.97 Å². The normalized spacial score (nSPS) is 18.5. The van der Waals surface area contributed by atoms with Gasteiger partial charge in [0.25, 0.3) is 0 Å². The topological polar surface area (TPSA) is 47.6 Å². The highest BCUT2D eigenvalue weighted by molar-refractivity contribution is 9.10. The lowest BCUT2D eigenvalue weighted by Crippen LogP contribution is -2.37. The van der Waals surface area contributed by atoms with Crippen molar-refractivity contribution < 1.29 is 14.3 Å². The molecule has 4 nitrogen and oxygen atoms in total. The largest absolute Gasteiger partial charge is 0.458 e. The minimum absolute atomic E-state index is 0.0131. The summed E-state index contributed by atoms with van der Waals surface area (Å²) < 4.78 is 12.7. The smallest absolute Gasteiger partial charge is 0.332 e. The maximum Gasteiger partial charge on any atom is 0.332 e. The van der Waals surface area contributed by atoms with Crippen LogP contribution in [0.3, 0.4) is 0 Å². The molecule has 1 N–H and O–H groups in total. The molecule has 1 aromatic carbocycles. The number of benzene rings is 1. The van der Waals surface area contributed by atoms with Gasteiger partial charge in [0, 0.05) is 4.47 Å². The minimum Gasteiger partial charge on any atom is -0.458 e. The first-order chi connectivity index (χ1) is 11.3. The number of nitrogens with one attached hydrogen (secondary N) is 1. The lowest BCUT2D eigenvalue weighted by Gasteiger charge is -2.36. The summed E-state index contributed by atoms with van der Waals surface area (Å²) in [6.07, 6.45) is 3.82. The summed E-state index contributed by atoms with van der Waals surface area (Å²) in [5, 5.41) is 3.43. The van der Waals surface area contributed by atoms with Crippen LogP contribution in [0.4, 0.5) is 0 Å². The zero-order chi connectivity index (χ0) is 17.6. The van der Waals surface area contributed by atoms with E-state index in [2.05, 4.69) is 33.4 Å². The number of esters is 1. The molecule has 2 rings (SSSR count). The second kappa shape index (κ2) is 8.45. The van der Waals surface area contributed by atoms with E-state index in [9.17, 15) is 4.79 Å². The first-order valence-electron chi connectivity index (χ1n) is 8.63. The Bertz CT molecular complexity index is 529. The maximum absolute atomic E-state index is 12.1. The molecule has 0 saturated carbocycles. The van der Waals surface area contributed by atoms with E-state index in [4.69, 9.17) is 9.47 Å². The third kappa shape index (κ3) is 5.87. The summed E-state index contributed by atoms with van der Waals surface area (Å²) >= 11 is 3.49. The molecule has 1 heterocycles. The predicted octanol–water partition coefficient (Wildman–Crippen LogP) is 4.17. The van der Waals surface area contributed by atoms with Crippen LogP contribution in [0.1, 0.15) is 52.0 Å². The third-order valence-corrected chi connectivity index (χ3v) is 4.65. The van der Waals surface area contributed by atoms with Crippen LogP contribution < -0.4 is 5.32 Å². The van der Waals surface area contributed by atoms with Gasteiger partial charge in [-0.25, -0.2) is 4.79 Å². The summed E-state index contributed by atoms with van der Waals surface area (Å²) in [6.45, 7) is 7.56. The molecule has 0 atom stereocenters. The molecule has 0 aromatic heterocycles. The first-order valence-corrected chi connectivity index (χ1v) is 9.43. The van der Waals surface area contributed by atoms with Crippen LogP contribution in [-0.4, -0.2) is 31.3 Å². The molecular formula is C19H28BrNO3. The molecule has 1 aliphatic rings. The zero-order valence-electron chi connectivity index (χ0n) is 14.9. The Kier molecular flexibility index (Phi) is 6.84. The van der Waals surface area contributed by atoms with Crippen molar-refractivity contribution in [2.45, 2.75) is 57.7 Å². The highest BCUT2D eigenvalue weighted by Gasteiger charge is 2.34. The van der Waals surface area contributed by atoms with Crippen LogP contribution in [0.25, 0.3) is 0 Å². The molecule has 0 unspecified atom stereocenters. The Labute approximate surface area is 153 Å². The quantitative estimate of drug-likeness (QED) is 0.774. The van der Waals surface area contributed by atoms with Crippen molar-refractivity contribution in [1.29, 1.82) is 0 Å². The van der Waals surface area contributed by atoms with Gasteiger partial charge in [-0.15, -0.1) is 0 Å². The fraction of sp³-hybridized carbons (Fsp3) is 0.632. The van der Waals surface area contributed by atoms with Gasteiger partial charge in [0.05, 0.1) is 5.60 Å². The molecule has 24 heavy (non-hydrogen) atoms. The number of hydrogen-bond acceptors (Lipinski definition) is 4. The fourth-order valence-electron chi connectivity index (χ4n) is 3.09. The van der Waals surface area contributed by atoms with E-state index in [1.54, 1.807) is 0 Å². The maximum atomic E-state index is 12.1. The van der Waals surface area contributed by atoms with Gasteiger partial charge in [-0.05, 0) is 77.2 Å². The van der Waals surface area contributed by atoms with E-state index in [0.29, 0.717) is 0 Å². The molecule has 0 amide bonds. The lowest BCUT2D eigenvalue weighted by molar-refractivity contribution is -0.169. The number of carbonyl (C=O) groups excluding carboxylic acids is 1. The van der Waals surface area contributed by atoms with Crippen LogP contribution in [0.15, 0.2) is 28.7 Å². The number of hydrogen-bond donors (Lipinski definition) is 1. The van der Waals surface area contributed by atoms with Gasteiger partial charge in [0.1, 0.15) is 12.2 Å². The van der Waals surface area contributed by atoms with E-state index in [1.807, 2.05) is 32.9 Å². The zero-order valence-corrected chi connectivity index (χ0v) is 16.4. The lowest BCUT2D eigenvalue weighted by atomic mass is 9.83. The molecule has 5 heteroatoms. The molecule has 1 saturated heterocycles. The second-order valence-electron chi connectivity index (χ2n) is 7.33. The van der Waals surface area contributed by atoms with Crippen molar-refractivity contribution in [2.75, 3.05) is 19.7 Å². The van der Waals surface area contributed by atoms with Crippen molar-refractivity contribution in [2.24, 2.45) is 0 Å². The molecule has 1 aromatic rings. The molecule has 134 valence electrons. The summed E-state index contributed by atoms with van der Waals surface area (Å²) in [5.41, 5.74) is 0.228. The Morgan fingerprint density at radius 2 is 1.75 bits per heavy atom. The first kappa shape index (κ1) is 19.4. The molecule has 0 aliphatic carbocycles. The molecular weight excluding hydrogens is 370 g/mol. The highest BCUT2D eigenvalue weighted by atomic mass is 79.9. The summed E-state index contributed by atoms with van der Waals surface area (Å²) in [5.74, 6) is -0.306. The van der Waals surface area contributed by atoms with Crippen LogP contribution in [0.2, 0.25) is 0 Å². The van der Waals surface area contributed by atoms with Crippen molar-refractivity contribution in [3.63, 3.8) is 0 Å². The van der Waals surface area contributed by atoms with E-state index in [0.717, 1.165) is 48.8 Å². The van der Waals surface area contributed by atoms with Gasteiger partial charge in [0.2, 0.25) is 0 Å². The molecule has 0 radical (unpaired) electrons. The predicted molar refractivity (Wildman–Crippen MR) is 99.0 cm³/mol. The molecule has 1 fully saturated rings. The highest BCUT2D eigenvalue weighted by Crippen LogP contribution is 2.37. The van der Waals surface area contributed by atoms with Crippen molar-refractivity contribution in [3.05, 3.63) is 34.3 Å². The summed E-state index contributed by atoms with van der Waals surface area (Å²) in [6, 6.07) is 8.25. The van der Waals surface area contributed by atoms with Gasteiger partial charge in [0.15, 0.2) is 0 Å². The van der Waals surface area contributed by atoms with Gasteiger partial charge in [-0.1, -0.05) is 28.1 Å². The Morgan fingerprint density at radius 3 is 2.29 bits per heavy atom. The van der Waals surface area contributed by atoms with Gasteiger partial charge < -0.3 is 14.8 Å². The van der Waals surface area contributed by atoms with Crippen LogP contribution >= 0.6 is 15.9 Å². The van der Waals surface area contributed by atoms with E-state index in [-0.39, 0.29) is 12.6 Å². The van der Waals surface area contributed by atoms with E-state index < -0.39 is 11.2 Å². The number of ether oxygens (including phenoxy) is 2. The number of carbonyl (C=O) groups is 1. The molecule has 1 aliphatic heterocycles. The Morgan fingerprint density at radius 1 is 1.17 bits per heavy atom. The fourth-order valence-corrected chi connectivity index (χ4v) is 3.35. The summed E-state index contributed by atoms with van der Waals surface area (Å²) in [7, 11) is 0.